The summed E-state index contributed by atoms with van der Waals surface area (Å²) in [4.78, 5) is 26.8. The summed E-state index contributed by atoms with van der Waals surface area (Å²) in [6.07, 6.45) is 3.27. The Balaban J connectivity index is 1.31. The van der Waals surface area contributed by atoms with Crippen molar-refractivity contribution in [3.63, 3.8) is 0 Å². The van der Waals surface area contributed by atoms with Crippen LogP contribution in [-0.4, -0.2) is 42.6 Å². The van der Waals surface area contributed by atoms with Crippen LogP contribution in [0.1, 0.15) is 65.0 Å². The molecule has 3 aliphatic carbocycles. The average molecular weight is 549 g/mol. The van der Waals surface area contributed by atoms with Gasteiger partial charge in [-0.25, -0.2) is 4.39 Å². The average Bonchev–Trinajstić information content (AvgIpc) is 3.26. The molecular formula is C32H42BFN2O4. The maximum Gasteiger partial charge on any atom is 0.481 e. The van der Waals surface area contributed by atoms with E-state index in [-0.39, 0.29) is 47.1 Å². The van der Waals surface area contributed by atoms with Gasteiger partial charge in [0.1, 0.15) is 11.9 Å². The lowest BCUT2D eigenvalue weighted by Gasteiger charge is -2.64. The van der Waals surface area contributed by atoms with E-state index in [0.29, 0.717) is 36.2 Å². The molecule has 214 valence electrons. The Hall–Kier alpha value is -2.71. The summed E-state index contributed by atoms with van der Waals surface area (Å²) >= 11 is 0. The molecule has 2 aromatic carbocycles. The minimum Gasteiger partial charge on any atom is -0.404 e. The van der Waals surface area contributed by atoms with Gasteiger partial charge in [0.05, 0.1) is 24.1 Å². The van der Waals surface area contributed by atoms with Crippen LogP contribution in [-0.2, 0) is 31.7 Å². The predicted molar refractivity (Wildman–Crippen MR) is 154 cm³/mol. The molecule has 0 spiro atoms. The molecule has 0 unspecified atom stereocenters. The molecule has 0 aromatic heterocycles. The first-order valence-corrected chi connectivity index (χ1v) is 14.7. The molecule has 2 N–H and O–H groups in total. The molecule has 4 fully saturated rings. The van der Waals surface area contributed by atoms with Gasteiger partial charge < -0.3 is 19.9 Å². The molecule has 6 atom stereocenters. The van der Waals surface area contributed by atoms with Crippen LogP contribution in [0.25, 0.3) is 0 Å². The third-order valence-electron chi connectivity index (χ3n) is 9.56. The fourth-order valence-corrected chi connectivity index (χ4v) is 7.19. The number of hydrogen-bond acceptors (Lipinski definition) is 4. The maximum atomic E-state index is 13.8. The third-order valence-corrected chi connectivity index (χ3v) is 9.56. The molecule has 2 bridgehead atoms. The number of carbonyl (C=O) groups excluding carboxylic acids is 2. The molecule has 3 saturated carbocycles. The van der Waals surface area contributed by atoms with Crippen LogP contribution in [0.3, 0.4) is 0 Å². The van der Waals surface area contributed by atoms with E-state index in [0.717, 1.165) is 18.4 Å². The van der Waals surface area contributed by atoms with Gasteiger partial charge >= 0.3 is 7.12 Å². The SMILES string of the molecule is CC(C)C[C@H](NC(=O)[C@H](Cc1ccccc1)NC(=O)Cc1ccc(F)cc1)B1O[C@@H]2C[C@H]3C[C@H](C3(C)C)[C@]2(C)O1. The first-order valence-electron chi connectivity index (χ1n) is 14.7. The highest BCUT2D eigenvalue weighted by molar-refractivity contribution is 6.48. The number of amides is 2. The van der Waals surface area contributed by atoms with Crippen molar-refractivity contribution in [2.45, 2.75) is 90.4 Å². The Kier molecular flexibility index (Phi) is 8.13. The summed E-state index contributed by atoms with van der Waals surface area (Å²) in [5.41, 5.74) is 1.49. The van der Waals surface area contributed by atoms with E-state index in [4.69, 9.17) is 9.31 Å². The van der Waals surface area contributed by atoms with Gasteiger partial charge in [0.2, 0.25) is 11.8 Å². The van der Waals surface area contributed by atoms with E-state index in [9.17, 15) is 14.0 Å². The lowest BCUT2D eigenvalue weighted by atomic mass is 9.43. The molecule has 1 saturated heterocycles. The topological polar surface area (TPSA) is 76.7 Å². The molecule has 4 aliphatic rings. The monoisotopic (exact) mass is 548 g/mol. The van der Waals surface area contributed by atoms with E-state index < -0.39 is 13.2 Å². The van der Waals surface area contributed by atoms with E-state index in [2.05, 4.69) is 45.3 Å². The fraction of sp³-hybridized carbons (Fsp3) is 0.562. The van der Waals surface area contributed by atoms with Crippen molar-refractivity contribution in [1.29, 1.82) is 0 Å². The quantitative estimate of drug-likeness (QED) is 0.415. The van der Waals surface area contributed by atoms with Crippen molar-refractivity contribution in [3.05, 3.63) is 71.5 Å². The molecular weight excluding hydrogens is 506 g/mol. The van der Waals surface area contributed by atoms with Gasteiger partial charge in [0.15, 0.2) is 0 Å². The standard InChI is InChI=1S/C32H42BFN2O4/c1-20(2)15-28(33-39-27-19-23-18-26(31(23,3)4)32(27,5)40-33)36-30(38)25(16-21-9-7-6-8-10-21)35-29(37)17-22-11-13-24(34)14-12-22/h6-14,20,23,25-28H,15-19H2,1-5H3,(H,35,37)(H,36,38)/t23-,25+,26-,27-,28+,32+/m1/s1. The molecule has 6 rings (SSSR count). The van der Waals surface area contributed by atoms with Gasteiger partial charge in [-0.05, 0) is 72.6 Å². The minimum absolute atomic E-state index is 0.0244. The highest BCUT2D eigenvalue weighted by Crippen LogP contribution is 2.65. The number of hydrogen-bond donors (Lipinski definition) is 2. The van der Waals surface area contributed by atoms with Crippen molar-refractivity contribution >= 4 is 18.9 Å². The maximum absolute atomic E-state index is 13.8. The lowest BCUT2D eigenvalue weighted by Crippen LogP contribution is -2.65. The second-order valence-corrected chi connectivity index (χ2v) is 13.2. The zero-order chi connectivity index (χ0) is 28.7. The summed E-state index contributed by atoms with van der Waals surface area (Å²) in [6, 6.07) is 14.7. The Labute approximate surface area is 237 Å². The molecule has 6 nitrogen and oxygen atoms in total. The van der Waals surface area contributed by atoms with Crippen molar-refractivity contribution in [2.75, 3.05) is 0 Å². The molecule has 0 radical (unpaired) electrons. The van der Waals surface area contributed by atoms with E-state index in [1.165, 1.54) is 12.1 Å². The number of carbonyl (C=O) groups is 2. The lowest BCUT2D eigenvalue weighted by molar-refractivity contribution is -0.199. The zero-order valence-electron chi connectivity index (χ0n) is 24.3. The van der Waals surface area contributed by atoms with Gasteiger partial charge in [-0.3, -0.25) is 9.59 Å². The van der Waals surface area contributed by atoms with Crippen molar-refractivity contribution in [2.24, 2.45) is 23.2 Å². The van der Waals surface area contributed by atoms with Gasteiger partial charge in [-0.15, -0.1) is 0 Å². The minimum atomic E-state index is -0.781. The molecule has 2 aromatic rings. The summed E-state index contributed by atoms with van der Waals surface area (Å²) in [7, 11) is -0.538. The van der Waals surface area contributed by atoms with Crippen LogP contribution >= 0.6 is 0 Å². The first-order chi connectivity index (χ1) is 19.0. The van der Waals surface area contributed by atoms with Crippen LogP contribution in [0.4, 0.5) is 4.39 Å². The Bertz CT molecular complexity index is 1210. The van der Waals surface area contributed by atoms with Gasteiger partial charge in [-0.2, -0.15) is 0 Å². The number of halogens is 1. The van der Waals surface area contributed by atoms with Crippen LogP contribution in [0.5, 0.6) is 0 Å². The second kappa shape index (κ2) is 11.3. The predicted octanol–water partition coefficient (Wildman–Crippen LogP) is 4.89. The summed E-state index contributed by atoms with van der Waals surface area (Å²) in [5.74, 6) is 0.118. The van der Waals surface area contributed by atoms with Crippen molar-refractivity contribution in [1.82, 2.24) is 10.6 Å². The first kappa shape index (κ1) is 28.8. The van der Waals surface area contributed by atoms with Gasteiger partial charge in [-0.1, -0.05) is 70.2 Å². The van der Waals surface area contributed by atoms with E-state index in [1.807, 2.05) is 30.3 Å². The van der Waals surface area contributed by atoms with E-state index >= 15 is 0 Å². The van der Waals surface area contributed by atoms with Crippen LogP contribution in [0.2, 0.25) is 0 Å². The second-order valence-electron chi connectivity index (χ2n) is 13.2. The molecule has 40 heavy (non-hydrogen) atoms. The molecule has 1 heterocycles. The smallest absolute Gasteiger partial charge is 0.404 e. The largest absolute Gasteiger partial charge is 0.481 e. The van der Waals surface area contributed by atoms with Gasteiger partial charge in [0.25, 0.3) is 0 Å². The van der Waals surface area contributed by atoms with Crippen LogP contribution < -0.4 is 10.6 Å². The highest BCUT2D eigenvalue weighted by atomic mass is 19.1. The fourth-order valence-electron chi connectivity index (χ4n) is 7.19. The van der Waals surface area contributed by atoms with Crippen LogP contribution in [0, 0.1) is 29.0 Å². The molecule has 2 amide bonds. The Morgan fingerprint density at radius 2 is 1.70 bits per heavy atom. The normalized spacial score (nSPS) is 27.9. The van der Waals surface area contributed by atoms with Crippen LogP contribution in [0.15, 0.2) is 54.6 Å². The van der Waals surface area contributed by atoms with Gasteiger partial charge in [0, 0.05) is 6.42 Å². The van der Waals surface area contributed by atoms with Crippen molar-refractivity contribution < 1.29 is 23.3 Å². The summed E-state index contributed by atoms with van der Waals surface area (Å²) < 4.78 is 26.6. The highest BCUT2D eigenvalue weighted by Gasteiger charge is 2.68. The number of benzene rings is 2. The third kappa shape index (κ3) is 5.84. The summed E-state index contributed by atoms with van der Waals surface area (Å²) in [6.45, 7) is 11.1. The van der Waals surface area contributed by atoms with E-state index in [1.54, 1.807) is 12.1 Å². The molecule has 1 aliphatic heterocycles. The zero-order valence-corrected chi connectivity index (χ0v) is 24.3. The van der Waals surface area contributed by atoms with Crippen molar-refractivity contribution in [3.8, 4) is 0 Å². The summed E-state index contributed by atoms with van der Waals surface area (Å²) in [5, 5.41) is 6.14. The Morgan fingerprint density at radius 3 is 2.35 bits per heavy atom. The molecule has 8 heteroatoms. The number of rotatable bonds is 10. The number of nitrogens with one attached hydrogen (secondary N) is 2. The Morgan fingerprint density at radius 1 is 1.00 bits per heavy atom.